The molecule has 0 spiro atoms. The molecule has 0 saturated carbocycles. The lowest BCUT2D eigenvalue weighted by Gasteiger charge is -2.15. The number of rotatable bonds is 5. The number of nitrogens with one attached hydrogen (secondary N) is 1. The van der Waals surface area contributed by atoms with Gasteiger partial charge in [-0.15, -0.1) is 0 Å². The molecule has 8 heteroatoms. The zero-order valence-electron chi connectivity index (χ0n) is 11.5. The molecule has 1 N–H and O–H groups in total. The zero-order valence-corrected chi connectivity index (χ0v) is 11.5. The van der Waals surface area contributed by atoms with E-state index in [1.165, 1.54) is 14.1 Å². The third kappa shape index (κ3) is 4.83. The summed E-state index contributed by atoms with van der Waals surface area (Å²) in [5, 5.41) is 2.33. The molecule has 0 aliphatic rings. The summed E-state index contributed by atoms with van der Waals surface area (Å²) in [5.74, 6) is -4.01. The van der Waals surface area contributed by atoms with E-state index in [0.29, 0.717) is 6.07 Å². The van der Waals surface area contributed by atoms with E-state index in [9.17, 15) is 23.2 Å². The van der Waals surface area contributed by atoms with Crippen LogP contribution >= 0.6 is 0 Å². The van der Waals surface area contributed by atoms with Gasteiger partial charge in [-0.2, -0.15) is 0 Å². The minimum Gasteiger partial charge on any atom is -0.452 e. The largest absolute Gasteiger partial charge is 0.452 e. The topological polar surface area (TPSA) is 75.7 Å². The summed E-state index contributed by atoms with van der Waals surface area (Å²) < 4.78 is 30.6. The Kier molecular flexibility index (Phi) is 5.77. The summed E-state index contributed by atoms with van der Waals surface area (Å²) in [5.41, 5.74) is -0.474. The molecule has 1 rings (SSSR count). The predicted molar refractivity (Wildman–Crippen MR) is 68.3 cm³/mol. The first-order valence-electron chi connectivity index (χ1n) is 5.92. The summed E-state index contributed by atoms with van der Waals surface area (Å²) in [6, 6.07) is 2.36. The molecular weight excluding hydrogens is 286 g/mol. The number of hydrogen-bond acceptors (Lipinski definition) is 4. The second kappa shape index (κ2) is 7.32. The smallest absolute Gasteiger partial charge is 0.341 e. The van der Waals surface area contributed by atoms with Crippen molar-refractivity contribution in [1.82, 2.24) is 10.2 Å². The van der Waals surface area contributed by atoms with Crippen molar-refractivity contribution in [3.63, 3.8) is 0 Å². The molecule has 6 nitrogen and oxygen atoms in total. The molecular formula is C13H14F2N2O4. The molecule has 21 heavy (non-hydrogen) atoms. The van der Waals surface area contributed by atoms with Gasteiger partial charge in [-0.1, -0.05) is 0 Å². The molecule has 0 fully saturated rings. The SMILES string of the molecule is CNC(=O)CN(C)C(=O)COC(=O)c1ccc(F)cc1F. The molecule has 114 valence electrons. The molecule has 1 aromatic carbocycles. The van der Waals surface area contributed by atoms with Gasteiger partial charge < -0.3 is 15.0 Å². The van der Waals surface area contributed by atoms with Crippen LogP contribution in [0.2, 0.25) is 0 Å². The highest BCUT2D eigenvalue weighted by atomic mass is 19.1. The molecule has 0 unspecified atom stereocenters. The second-order valence-electron chi connectivity index (χ2n) is 4.12. The molecule has 0 bridgehead atoms. The Hall–Kier alpha value is -2.51. The van der Waals surface area contributed by atoms with Crippen molar-refractivity contribution < 1.29 is 27.9 Å². The van der Waals surface area contributed by atoms with E-state index >= 15 is 0 Å². The molecule has 0 aromatic heterocycles. The molecule has 0 radical (unpaired) electrons. The monoisotopic (exact) mass is 300 g/mol. The lowest BCUT2D eigenvalue weighted by Crippen LogP contribution is -2.39. The third-order valence-corrected chi connectivity index (χ3v) is 2.56. The fourth-order valence-corrected chi connectivity index (χ4v) is 1.35. The van der Waals surface area contributed by atoms with Gasteiger partial charge >= 0.3 is 5.97 Å². The van der Waals surface area contributed by atoms with Gasteiger partial charge in [0.2, 0.25) is 5.91 Å². The number of benzene rings is 1. The molecule has 0 aliphatic carbocycles. The Morgan fingerprint density at radius 1 is 1.29 bits per heavy atom. The van der Waals surface area contributed by atoms with Gasteiger partial charge in [0.25, 0.3) is 5.91 Å². The Bertz CT molecular complexity index is 563. The van der Waals surface area contributed by atoms with Crippen LogP contribution in [-0.4, -0.2) is 49.9 Å². The van der Waals surface area contributed by atoms with Gasteiger partial charge in [0, 0.05) is 20.2 Å². The minimum atomic E-state index is -1.09. The normalized spacial score (nSPS) is 9.90. The molecule has 0 saturated heterocycles. The zero-order chi connectivity index (χ0) is 16.0. The predicted octanol–water partition coefficient (Wildman–Crippen LogP) is 0.326. The van der Waals surface area contributed by atoms with Crippen LogP contribution in [0.25, 0.3) is 0 Å². The number of likely N-dealkylation sites (N-methyl/N-ethyl adjacent to an activating group) is 2. The van der Waals surface area contributed by atoms with Crippen LogP contribution in [-0.2, 0) is 14.3 Å². The van der Waals surface area contributed by atoms with Gasteiger partial charge in [0.15, 0.2) is 6.61 Å². The highest BCUT2D eigenvalue weighted by Gasteiger charge is 2.18. The summed E-state index contributed by atoms with van der Waals surface area (Å²) in [6.07, 6.45) is 0. The van der Waals surface area contributed by atoms with Crippen LogP contribution in [0, 0.1) is 11.6 Å². The van der Waals surface area contributed by atoms with Crippen molar-refractivity contribution in [3.05, 3.63) is 35.4 Å². The van der Waals surface area contributed by atoms with Gasteiger partial charge in [-0.25, -0.2) is 13.6 Å². The average Bonchev–Trinajstić information content (AvgIpc) is 2.43. The van der Waals surface area contributed by atoms with Crippen molar-refractivity contribution in [2.75, 3.05) is 27.2 Å². The fraction of sp³-hybridized carbons (Fsp3) is 0.308. The number of halogens is 2. The van der Waals surface area contributed by atoms with Gasteiger partial charge in [0.05, 0.1) is 12.1 Å². The maximum Gasteiger partial charge on any atom is 0.341 e. The maximum atomic E-state index is 13.3. The van der Waals surface area contributed by atoms with Gasteiger partial charge in [-0.05, 0) is 12.1 Å². The van der Waals surface area contributed by atoms with E-state index in [4.69, 9.17) is 0 Å². The van der Waals surface area contributed by atoms with E-state index in [-0.39, 0.29) is 12.5 Å². The summed E-state index contributed by atoms with van der Waals surface area (Å²) >= 11 is 0. The standard InChI is InChI=1S/C13H14F2N2O4/c1-16-11(18)6-17(2)12(19)7-21-13(20)9-4-3-8(14)5-10(9)15/h3-5H,6-7H2,1-2H3,(H,16,18). The van der Waals surface area contributed by atoms with E-state index in [1.54, 1.807) is 0 Å². The van der Waals surface area contributed by atoms with E-state index in [2.05, 4.69) is 10.1 Å². The maximum absolute atomic E-state index is 13.3. The number of carbonyl (C=O) groups is 3. The third-order valence-electron chi connectivity index (χ3n) is 2.56. The molecule has 0 aliphatic heterocycles. The summed E-state index contributed by atoms with van der Waals surface area (Å²) in [7, 11) is 2.77. The highest BCUT2D eigenvalue weighted by Crippen LogP contribution is 2.10. The van der Waals surface area contributed by atoms with Crippen molar-refractivity contribution >= 4 is 17.8 Å². The van der Waals surface area contributed by atoms with Gasteiger partial charge in [0.1, 0.15) is 11.6 Å². The van der Waals surface area contributed by atoms with Crippen molar-refractivity contribution in [2.45, 2.75) is 0 Å². The Labute approximate surface area is 119 Å². The Balaban J connectivity index is 2.56. The first-order chi connectivity index (χ1) is 9.85. The van der Waals surface area contributed by atoms with Crippen LogP contribution in [0.4, 0.5) is 8.78 Å². The molecule has 1 aromatic rings. The number of amides is 2. The fourth-order valence-electron chi connectivity index (χ4n) is 1.35. The number of ether oxygens (including phenoxy) is 1. The Morgan fingerprint density at radius 2 is 1.95 bits per heavy atom. The van der Waals surface area contributed by atoms with Crippen LogP contribution in [0.3, 0.4) is 0 Å². The molecule has 0 heterocycles. The molecule has 2 amide bonds. The Morgan fingerprint density at radius 3 is 2.52 bits per heavy atom. The highest BCUT2D eigenvalue weighted by molar-refractivity contribution is 5.92. The first-order valence-corrected chi connectivity index (χ1v) is 5.92. The first kappa shape index (κ1) is 16.5. The number of esters is 1. The number of nitrogens with zero attached hydrogens (tertiary/aromatic N) is 1. The average molecular weight is 300 g/mol. The second-order valence-corrected chi connectivity index (χ2v) is 4.12. The quantitative estimate of drug-likeness (QED) is 0.795. The lowest BCUT2D eigenvalue weighted by atomic mass is 10.2. The van der Waals surface area contributed by atoms with Crippen LogP contribution in [0.5, 0.6) is 0 Å². The minimum absolute atomic E-state index is 0.197. The number of hydrogen-bond donors (Lipinski definition) is 1. The van der Waals surface area contributed by atoms with Crippen LogP contribution < -0.4 is 5.32 Å². The van der Waals surface area contributed by atoms with Gasteiger partial charge in [-0.3, -0.25) is 9.59 Å². The van der Waals surface area contributed by atoms with Crippen molar-refractivity contribution in [1.29, 1.82) is 0 Å². The van der Waals surface area contributed by atoms with Crippen LogP contribution in [0.1, 0.15) is 10.4 Å². The molecule has 0 atom stereocenters. The van der Waals surface area contributed by atoms with E-state index in [0.717, 1.165) is 17.0 Å². The summed E-state index contributed by atoms with van der Waals surface area (Å²) in [4.78, 5) is 35.2. The van der Waals surface area contributed by atoms with E-state index < -0.39 is 35.7 Å². The van der Waals surface area contributed by atoms with Crippen molar-refractivity contribution in [2.24, 2.45) is 0 Å². The number of carbonyl (C=O) groups excluding carboxylic acids is 3. The van der Waals surface area contributed by atoms with Crippen molar-refractivity contribution in [3.8, 4) is 0 Å². The lowest BCUT2D eigenvalue weighted by molar-refractivity contribution is -0.137. The summed E-state index contributed by atoms with van der Waals surface area (Å²) in [6.45, 7) is -0.846. The van der Waals surface area contributed by atoms with Crippen LogP contribution in [0.15, 0.2) is 18.2 Å². The van der Waals surface area contributed by atoms with E-state index in [1.807, 2.05) is 0 Å².